The van der Waals surface area contributed by atoms with E-state index in [0.29, 0.717) is 16.8 Å². The molecule has 1 N–H and O–H groups in total. The molecule has 0 fully saturated rings. The highest BCUT2D eigenvalue weighted by molar-refractivity contribution is 9.10. The third kappa shape index (κ3) is 3.03. The summed E-state index contributed by atoms with van der Waals surface area (Å²) in [6, 6.07) is 11.5. The highest BCUT2D eigenvalue weighted by atomic mass is 79.9. The lowest BCUT2D eigenvalue weighted by Gasteiger charge is -2.08. The number of nitrogens with one attached hydrogen (secondary N) is 1. The third-order valence-electron chi connectivity index (χ3n) is 2.85. The maximum atomic E-state index is 12.1. The van der Waals surface area contributed by atoms with Gasteiger partial charge in [0, 0.05) is 27.4 Å². The minimum Gasteiger partial charge on any atom is -0.322 e. The van der Waals surface area contributed by atoms with Crippen LogP contribution in [-0.4, -0.2) is 10.8 Å². The number of nitro benzene ring substituents is 1. The Hall–Kier alpha value is -2.21. The Kier molecular flexibility index (Phi) is 4.14. The number of amides is 1. The fourth-order valence-electron chi connectivity index (χ4n) is 1.80. The number of hydrogen-bond acceptors (Lipinski definition) is 3. The standard InChI is InChI=1S/C14H11BrN2O3/c1-9-12(3-2-4-13(9)17(19)20)14(18)16-11-7-5-10(15)6-8-11/h2-8H,1H3,(H,16,18). The summed E-state index contributed by atoms with van der Waals surface area (Å²) in [6.07, 6.45) is 0. The molecule has 0 heterocycles. The lowest BCUT2D eigenvalue weighted by Crippen LogP contribution is -2.14. The average molecular weight is 335 g/mol. The molecule has 0 bridgehead atoms. The number of benzene rings is 2. The summed E-state index contributed by atoms with van der Waals surface area (Å²) >= 11 is 3.31. The van der Waals surface area contributed by atoms with Gasteiger partial charge in [-0.3, -0.25) is 14.9 Å². The van der Waals surface area contributed by atoms with Crippen molar-refractivity contribution in [3.8, 4) is 0 Å². The zero-order chi connectivity index (χ0) is 14.7. The molecule has 2 aromatic carbocycles. The van der Waals surface area contributed by atoms with E-state index in [0.717, 1.165) is 4.47 Å². The van der Waals surface area contributed by atoms with Gasteiger partial charge in [-0.15, -0.1) is 0 Å². The van der Waals surface area contributed by atoms with Crippen LogP contribution in [0.1, 0.15) is 15.9 Å². The molecule has 2 aromatic rings. The van der Waals surface area contributed by atoms with Gasteiger partial charge < -0.3 is 5.32 Å². The van der Waals surface area contributed by atoms with E-state index in [1.165, 1.54) is 12.1 Å². The van der Waals surface area contributed by atoms with E-state index in [1.54, 1.807) is 37.3 Å². The highest BCUT2D eigenvalue weighted by Gasteiger charge is 2.17. The summed E-state index contributed by atoms with van der Waals surface area (Å²) in [7, 11) is 0. The zero-order valence-electron chi connectivity index (χ0n) is 10.6. The molecule has 0 unspecified atom stereocenters. The van der Waals surface area contributed by atoms with Crippen molar-refractivity contribution in [3.63, 3.8) is 0 Å². The van der Waals surface area contributed by atoms with Gasteiger partial charge in [0.15, 0.2) is 0 Å². The van der Waals surface area contributed by atoms with Crippen LogP contribution in [0.4, 0.5) is 11.4 Å². The second-order valence-corrected chi connectivity index (χ2v) is 5.08. The molecule has 6 heteroatoms. The van der Waals surface area contributed by atoms with Gasteiger partial charge in [-0.2, -0.15) is 0 Å². The van der Waals surface area contributed by atoms with Crippen LogP contribution in [0.5, 0.6) is 0 Å². The number of rotatable bonds is 3. The maximum absolute atomic E-state index is 12.1. The molecular weight excluding hydrogens is 324 g/mol. The first-order valence-corrected chi connectivity index (χ1v) is 6.59. The van der Waals surface area contributed by atoms with E-state index in [2.05, 4.69) is 21.2 Å². The summed E-state index contributed by atoms with van der Waals surface area (Å²) < 4.78 is 0.905. The lowest BCUT2D eigenvalue weighted by molar-refractivity contribution is -0.385. The summed E-state index contributed by atoms with van der Waals surface area (Å²) in [5, 5.41) is 13.6. The molecule has 0 atom stereocenters. The average Bonchev–Trinajstić information content (AvgIpc) is 2.41. The van der Waals surface area contributed by atoms with E-state index in [1.807, 2.05) is 0 Å². The Labute approximate surface area is 123 Å². The van der Waals surface area contributed by atoms with Crippen LogP contribution in [0.2, 0.25) is 0 Å². The molecule has 102 valence electrons. The highest BCUT2D eigenvalue weighted by Crippen LogP contribution is 2.22. The van der Waals surface area contributed by atoms with E-state index < -0.39 is 4.92 Å². The Morgan fingerprint density at radius 1 is 1.20 bits per heavy atom. The smallest absolute Gasteiger partial charge is 0.273 e. The minimum atomic E-state index is -0.494. The molecule has 0 radical (unpaired) electrons. The summed E-state index contributed by atoms with van der Waals surface area (Å²) in [5.74, 6) is -0.367. The van der Waals surface area contributed by atoms with Gasteiger partial charge in [-0.1, -0.05) is 22.0 Å². The van der Waals surface area contributed by atoms with E-state index in [-0.39, 0.29) is 11.6 Å². The molecule has 0 aliphatic heterocycles. The Morgan fingerprint density at radius 2 is 1.85 bits per heavy atom. The molecule has 0 saturated heterocycles. The lowest BCUT2D eigenvalue weighted by atomic mass is 10.1. The van der Waals surface area contributed by atoms with Crippen LogP contribution in [0, 0.1) is 17.0 Å². The summed E-state index contributed by atoms with van der Waals surface area (Å²) in [6.45, 7) is 1.56. The molecule has 20 heavy (non-hydrogen) atoms. The SMILES string of the molecule is Cc1c(C(=O)Nc2ccc(Br)cc2)cccc1[N+](=O)[O-]. The first-order valence-electron chi connectivity index (χ1n) is 5.80. The Morgan fingerprint density at radius 3 is 2.45 bits per heavy atom. The van der Waals surface area contributed by atoms with Gasteiger partial charge in [-0.25, -0.2) is 0 Å². The van der Waals surface area contributed by atoms with Crippen molar-refractivity contribution in [2.45, 2.75) is 6.92 Å². The summed E-state index contributed by atoms with van der Waals surface area (Å²) in [4.78, 5) is 22.5. The topological polar surface area (TPSA) is 72.2 Å². The van der Waals surface area contributed by atoms with Crippen molar-refractivity contribution >= 4 is 33.2 Å². The Balaban J connectivity index is 2.28. The van der Waals surface area contributed by atoms with Gasteiger partial charge in [0.05, 0.1) is 4.92 Å². The van der Waals surface area contributed by atoms with Gasteiger partial charge in [0.1, 0.15) is 0 Å². The molecule has 0 aliphatic carbocycles. The number of halogens is 1. The molecule has 0 aliphatic rings. The molecule has 0 saturated carbocycles. The number of carbonyl (C=O) groups excluding carboxylic acids is 1. The van der Waals surface area contributed by atoms with Gasteiger partial charge in [0.2, 0.25) is 0 Å². The van der Waals surface area contributed by atoms with E-state index in [9.17, 15) is 14.9 Å². The predicted molar refractivity (Wildman–Crippen MR) is 79.9 cm³/mol. The van der Waals surface area contributed by atoms with Crippen molar-refractivity contribution < 1.29 is 9.72 Å². The van der Waals surface area contributed by atoms with Crippen molar-refractivity contribution in [1.82, 2.24) is 0 Å². The Bertz CT molecular complexity index is 669. The van der Waals surface area contributed by atoms with Crippen LogP contribution in [0.25, 0.3) is 0 Å². The molecule has 1 amide bonds. The maximum Gasteiger partial charge on any atom is 0.273 e. The third-order valence-corrected chi connectivity index (χ3v) is 3.38. The monoisotopic (exact) mass is 334 g/mol. The van der Waals surface area contributed by atoms with Gasteiger partial charge >= 0.3 is 0 Å². The normalized spacial score (nSPS) is 10.1. The van der Waals surface area contributed by atoms with Crippen LogP contribution in [-0.2, 0) is 0 Å². The van der Waals surface area contributed by atoms with Crippen LogP contribution in [0.3, 0.4) is 0 Å². The first-order chi connectivity index (χ1) is 9.49. The van der Waals surface area contributed by atoms with Crippen molar-refractivity contribution in [3.05, 3.63) is 68.2 Å². The van der Waals surface area contributed by atoms with Crippen molar-refractivity contribution in [1.29, 1.82) is 0 Å². The van der Waals surface area contributed by atoms with Crippen LogP contribution < -0.4 is 5.32 Å². The molecule has 0 spiro atoms. The molecule has 5 nitrogen and oxygen atoms in total. The zero-order valence-corrected chi connectivity index (χ0v) is 12.2. The molecule has 0 aromatic heterocycles. The summed E-state index contributed by atoms with van der Waals surface area (Å²) in [5.41, 5.74) is 1.21. The number of nitro groups is 1. The fraction of sp³-hybridized carbons (Fsp3) is 0.0714. The second kappa shape index (κ2) is 5.83. The predicted octanol–water partition coefficient (Wildman–Crippen LogP) is 3.92. The first kappa shape index (κ1) is 14.2. The molecular formula is C14H11BrN2O3. The number of carbonyl (C=O) groups is 1. The largest absolute Gasteiger partial charge is 0.322 e. The quantitative estimate of drug-likeness (QED) is 0.683. The van der Waals surface area contributed by atoms with Crippen LogP contribution in [0.15, 0.2) is 46.9 Å². The number of anilines is 1. The van der Waals surface area contributed by atoms with Gasteiger partial charge in [0.25, 0.3) is 11.6 Å². The van der Waals surface area contributed by atoms with Crippen LogP contribution >= 0.6 is 15.9 Å². The van der Waals surface area contributed by atoms with Gasteiger partial charge in [-0.05, 0) is 37.3 Å². The number of nitrogens with zero attached hydrogens (tertiary/aromatic N) is 1. The van der Waals surface area contributed by atoms with E-state index >= 15 is 0 Å². The van der Waals surface area contributed by atoms with E-state index in [4.69, 9.17) is 0 Å². The fourth-order valence-corrected chi connectivity index (χ4v) is 2.06. The van der Waals surface area contributed by atoms with Crippen molar-refractivity contribution in [2.24, 2.45) is 0 Å². The second-order valence-electron chi connectivity index (χ2n) is 4.17. The minimum absolute atomic E-state index is 0.0616. The molecule has 2 rings (SSSR count). The van der Waals surface area contributed by atoms with Crippen molar-refractivity contribution in [2.75, 3.05) is 5.32 Å². The number of hydrogen-bond donors (Lipinski definition) is 1.